The second-order valence-corrected chi connectivity index (χ2v) is 17.2. The van der Waals surface area contributed by atoms with Gasteiger partial charge in [0, 0.05) is 40.4 Å². The Bertz CT molecular complexity index is 3110. The Balaban J connectivity index is 1.01. The number of rotatable bonds is 6. The highest BCUT2D eigenvalue weighted by Crippen LogP contribution is 2.56. The van der Waals surface area contributed by atoms with Gasteiger partial charge < -0.3 is 9.47 Å². The largest absolute Gasteiger partial charge is 0.313 e. The van der Waals surface area contributed by atoms with Crippen LogP contribution < -0.4 is 4.90 Å². The Morgan fingerprint density at radius 1 is 0.672 bits per heavy atom. The first-order valence-corrected chi connectivity index (χ1v) is 21.7. The molecule has 1 aromatic heterocycles. The molecule has 0 radical (unpaired) electrons. The van der Waals surface area contributed by atoms with Crippen LogP contribution in [0.3, 0.4) is 0 Å². The highest BCUT2D eigenvalue weighted by Gasteiger charge is 2.42. The van der Waals surface area contributed by atoms with Gasteiger partial charge in [-0.2, -0.15) is 0 Å². The normalized spacial score (nSPS) is 21.0. The number of fused-ring (bicyclic) bond motifs is 9. The van der Waals surface area contributed by atoms with E-state index in [2.05, 4.69) is 211 Å². The number of para-hydroxylation sites is 2. The predicted molar refractivity (Wildman–Crippen MR) is 255 cm³/mol. The number of anilines is 2. The van der Waals surface area contributed by atoms with Crippen molar-refractivity contribution in [3.8, 4) is 16.8 Å². The zero-order chi connectivity index (χ0) is 40.6. The van der Waals surface area contributed by atoms with Crippen molar-refractivity contribution < 1.29 is 0 Å². The molecule has 2 bridgehead atoms. The van der Waals surface area contributed by atoms with Crippen molar-refractivity contribution in [1.82, 2.24) is 4.57 Å². The summed E-state index contributed by atoms with van der Waals surface area (Å²) >= 11 is 0. The van der Waals surface area contributed by atoms with E-state index in [9.17, 15) is 0 Å². The zero-order valence-electron chi connectivity index (χ0n) is 34.2. The fourth-order valence-electron chi connectivity index (χ4n) is 10.4. The molecular weight excluding hydrogens is 739 g/mol. The van der Waals surface area contributed by atoms with Crippen LogP contribution >= 0.6 is 0 Å². The van der Waals surface area contributed by atoms with Crippen molar-refractivity contribution in [2.45, 2.75) is 31.7 Å². The molecule has 0 N–H and O–H groups in total. The average Bonchev–Trinajstić information content (AvgIpc) is 4.09. The van der Waals surface area contributed by atoms with Crippen LogP contribution in [0.25, 0.3) is 44.9 Å². The van der Waals surface area contributed by atoms with Gasteiger partial charge in [0.2, 0.25) is 0 Å². The zero-order valence-corrected chi connectivity index (χ0v) is 34.2. The summed E-state index contributed by atoms with van der Waals surface area (Å²) in [4.78, 5) is 7.93. The first kappa shape index (κ1) is 35.7. The van der Waals surface area contributed by atoms with Crippen LogP contribution in [0.1, 0.15) is 65.2 Å². The molecule has 0 spiro atoms. The van der Waals surface area contributed by atoms with Crippen LogP contribution in [0.15, 0.2) is 211 Å². The molecule has 3 heteroatoms. The van der Waals surface area contributed by atoms with Crippen LogP contribution in [0.4, 0.5) is 11.4 Å². The summed E-state index contributed by atoms with van der Waals surface area (Å²) in [6.07, 6.45) is 18.1. The minimum atomic E-state index is -0.0418. The first-order valence-electron chi connectivity index (χ1n) is 21.7. The number of nitrogens with zero attached hydrogens (tertiary/aromatic N) is 3. The molecule has 1 saturated carbocycles. The van der Waals surface area contributed by atoms with E-state index in [0.29, 0.717) is 11.8 Å². The second-order valence-electron chi connectivity index (χ2n) is 17.2. The molecule has 3 nitrogen and oxygen atoms in total. The lowest BCUT2D eigenvalue weighted by atomic mass is 9.84. The number of aliphatic imine (C=N–C) groups is 1. The van der Waals surface area contributed by atoms with Gasteiger partial charge in [-0.3, -0.25) is 4.99 Å². The lowest BCUT2D eigenvalue weighted by Gasteiger charge is -2.35. The molecule has 2 aliphatic heterocycles. The fraction of sp³-hybridized carbons (Fsp3) is 0.121. The van der Waals surface area contributed by atoms with Crippen LogP contribution in [-0.4, -0.2) is 10.3 Å². The van der Waals surface area contributed by atoms with Crippen LogP contribution in [0, 0.1) is 11.8 Å². The molecule has 7 aromatic rings. The van der Waals surface area contributed by atoms with E-state index in [-0.39, 0.29) is 12.0 Å². The molecule has 0 amide bonds. The minimum Gasteiger partial charge on any atom is -0.313 e. The quantitative estimate of drug-likeness (QED) is 0.165. The van der Waals surface area contributed by atoms with Crippen LogP contribution in [-0.2, 0) is 0 Å². The van der Waals surface area contributed by atoms with Gasteiger partial charge in [-0.05, 0) is 117 Å². The third-order valence-electron chi connectivity index (χ3n) is 13.6. The van der Waals surface area contributed by atoms with Crippen LogP contribution in [0.5, 0.6) is 0 Å². The van der Waals surface area contributed by atoms with Crippen molar-refractivity contribution in [2.24, 2.45) is 16.8 Å². The van der Waals surface area contributed by atoms with Crippen molar-refractivity contribution in [3.05, 3.63) is 239 Å². The van der Waals surface area contributed by atoms with Gasteiger partial charge in [0.05, 0.1) is 28.7 Å². The summed E-state index contributed by atoms with van der Waals surface area (Å²) in [5.74, 6) is 1.37. The van der Waals surface area contributed by atoms with Crippen molar-refractivity contribution in [1.29, 1.82) is 0 Å². The Hall–Kier alpha value is -7.23. The summed E-state index contributed by atoms with van der Waals surface area (Å²) in [5.41, 5.74) is 20.6. The molecule has 4 unspecified atom stereocenters. The van der Waals surface area contributed by atoms with E-state index in [0.717, 1.165) is 40.1 Å². The summed E-state index contributed by atoms with van der Waals surface area (Å²) in [6, 6.07) is 55.4. The standard InChI is InChI=1S/C58H45N3/c1-37-38(2)58(42-17-7-4-8-18-42)59-53(41-15-5-3-6-16-41)36-51(37)40-27-25-39(26-28-40)45-32-47(60-46-20-10-9-19-43(31-46)49-21-11-13-23-54(49)60)35-48(33-45)61-55-24-14-12-22-50(55)57-52-34-44(52)29-30-56(57)61/h3-30,32-33,35-36,38,44,52,58H,1,31,34H2,2H3. The van der Waals surface area contributed by atoms with Crippen molar-refractivity contribution in [3.63, 3.8) is 0 Å². The number of benzene rings is 6. The maximum absolute atomic E-state index is 5.44. The maximum atomic E-state index is 5.44. The second kappa shape index (κ2) is 14.2. The molecule has 1 fully saturated rings. The molecule has 5 aliphatic rings. The van der Waals surface area contributed by atoms with E-state index in [1.807, 2.05) is 0 Å². The summed E-state index contributed by atoms with van der Waals surface area (Å²) in [7, 11) is 0. The topological polar surface area (TPSA) is 20.5 Å². The third kappa shape index (κ3) is 5.98. The molecule has 3 aliphatic carbocycles. The monoisotopic (exact) mass is 783 g/mol. The summed E-state index contributed by atoms with van der Waals surface area (Å²) in [5, 5.41) is 1.37. The third-order valence-corrected chi connectivity index (χ3v) is 13.6. The van der Waals surface area contributed by atoms with Gasteiger partial charge in [-0.1, -0.05) is 159 Å². The molecule has 3 heterocycles. The van der Waals surface area contributed by atoms with Gasteiger partial charge >= 0.3 is 0 Å². The molecule has 4 atom stereocenters. The van der Waals surface area contributed by atoms with Gasteiger partial charge in [0.15, 0.2) is 0 Å². The Kier molecular flexibility index (Phi) is 8.31. The van der Waals surface area contributed by atoms with Crippen molar-refractivity contribution in [2.75, 3.05) is 4.90 Å². The number of hydrogen-bond acceptors (Lipinski definition) is 2. The van der Waals surface area contributed by atoms with E-state index in [4.69, 9.17) is 11.6 Å². The lowest BCUT2D eigenvalue weighted by molar-refractivity contribution is 0.557. The Labute approximate surface area is 358 Å². The van der Waals surface area contributed by atoms with Crippen LogP contribution in [0.2, 0.25) is 0 Å². The van der Waals surface area contributed by atoms with Gasteiger partial charge in [-0.15, -0.1) is 0 Å². The Morgan fingerprint density at radius 2 is 1.39 bits per heavy atom. The highest BCUT2D eigenvalue weighted by molar-refractivity contribution is 6.14. The predicted octanol–water partition coefficient (Wildman–Crippen LogP) is 14.6. The molecule has 12 rings (SSSR count). The SMILES string of the molecule is C=C1C(c2ccc(-c3cc(N4C5=CC=CC=C(C5)c5ccccc54)cc(-n4c5c(c6ccccc64)C4CC4C=C5)c3)cc2)=CC(c2ccccc2)=NC(c2ccccc2)C1C. The van der Waals surface area contributed by atoms with E-state index in [1.165, 1.54) is 73.5 Å². The van der Waals surface area contributed by atoms with E-state index >= 15 is 0 Å². The molecule has 61 heavy (non-hydrogen) atoms. The lowest BCUT2D eigenvalue weighted by Crippen LogP contribution is -2.22. The average molecular weight is 784 g/mol. The Morgan fingerprint density at radius 3 is 2.25 bits per heavy atom. The molecular formula is C58H45N3. The maximum Gasteiger partial charge on any atom is 0.0822 e. The van der Waals surface area contributed by atoms with Gasteiger partial charge in [0.25, 0.3) is 0 Å². The fourth-order valence-corrected chi connectivity index (χ4v) is 10.4. The first-order chi connectivity index (χ1) is 30.1. The minimum absolute atomic E-state index is 0.0418. The molecule has 0 saturated heterocycles. The van der Waals surface area contributed by atoms with E-state index in [1.54, 1.807) is 0 Å². The summed E-state index contributed by atoms with van der Waals surface area (Å²) in [6.45, 7) is 7.02. The smallest absolute Gasteiger partial charge is 0.0822 e. The van der Waals surface area contributed by atoms with Gasteiger partial charge in [0.1, 0.15) is 0 Å². The summed E-state index contributed by atoms with van der Waals surface area (Å²) < 4.78 is 2.52. The number of hydrogen-bond donors (Lipinski definition) is 0. The van der Waals surface area contributed by atoms with E-state index < -0.39 is 0 Å². The highest BCUT2D eigenvalue weighted by atomic mass is 15.2. The molecule has 292 valence electrons. The molecule has 6 aromatic carbocycles. The number of allylic oxidation sites excluding steroid dienone is 8. The van der Waals surface area contributed by atoms with Gasteiger partial charge in [-0.25, -0.2) is 0 Å². The van der Waals surface area contributed by atoms with Crippen molar-refractivity contribution >= 4 is 45.2 Å². The number of aromatic nitrogens is 1.